The molecule has 2 atom stereocenters. The summed E-state index contributed by atoms with van der Waals surface area (Å²) in [6.07, 6.45) is 1.59. The smallest absolute Gasteiger partial charge is 0.250 e. The van der Waals surface area contributed by atoms with Crippen LogP contribution < -0.4 is 11.1 Å². The van der Waals surface area contributed by atoms with Crippen molar-refractivity contribution in [2.75, 3.05) is 0 Å². The van der Waals surface area contributed by atoms with E-state index in [9.17, 15) is 4.79 Å². The molecule has 10 heteroatoms. The standard InChI is InChI=1S/C13H21N7O2.ClH/c1-7(14)5-8(21)17-9(13(2,3)4)12-18-11(20-22-12)10-15-6-16-19-10;/h6-7,9H,5,14H2,1-4H3,(H,17,21)(H,15,16,19);1H. The molecule has 0 saturated carbocycles. The normalized spacial score (nSPS) is 14.0. The summed E-state index contributed by atoms with van der Waals surface area (Å²) in [5, 5.41) is 13.2. The van der Waals surface area contributed by atoms with Gasteiger partial charge in [0.15, 0.2) is 5.82 Å². The molecule has 0 aliphatic heterocycles. The predicted octanol–water partition coefficient (Wildman–Crippen LogP) is 1.22. The molecule has 4 N–H and O–H groups in total. The van der Waals surface area contributed by atoms with Gasteiger partial charge < -0.3 is 15.6 Å². The summed E-state index contributed by atoms with van der Waals surface area (Å²) in [6.45, 7) is 7.70. The molecule has 0 aliphatic rings. The number of H-pyrrole nitrogens is 1. The van der Waals surface area contributed by atoms with Gasteiger partial charge in [0.2, 0.25) is 17.6 Å². The Labute approximate surface area is 140 Å². The van der Waals surface area contributed by atoms with E-state index in [0.29, 0.717) is 17.5 Å². The van der Waals surface area contributed by atoms with Gasteiger partial charge in [-0.25, -0.2) is 4.98 Å². The number of aromatic amines is 1. The molecule has 1 amide bonds. The van der Waals surface area contributed by atoms with Gasteiger partial charge in [0.05, 0.1) is 0 Å². The lowest BCUT2D eigenvalue weighted by atomic mass is 9.86. The van der Waals surface area contributed by atoms with Crippen LogP contribution in [0.15, 0.2) is 10.9 Å². The summed E-state index contributed by atoms with van der Waals surface area (Å²) < 4.78 is 5.29. The van der Waals surface area contributed by atoms with Gasteiger partial charge in [-0.05, 0) is 12.3 Å². The predicted molar refractivity (Wildman–Crippen MR) is 85.5 cm³/mol. The Bertz CT molecular complexity index is 619. The van der Waals surface area contributed by atoms with Crippen LogP contribution in [0.3, 0.4) is 0 Å². The number of carbonyl (C=O) groups is 1. The molecule has 0 saturated heterocycles. The Morgan fingerprint density at radius 2 is 2.17 bits per heavy atom. The van der Waals surface area contributed by atoms with E-state index in [2.05, 4.69) is 30.6 Å². The summed E-state index contributed by atoms with van der Waals surface area (Å²) >= 11 is 0. The third kappa shape index (κ3) is 5.00. The first-order chi connectivity index (χ1) is 10.3. The quantitative estimate of drug-likeness (QED) is 0.742. The van der Waals surface area contributed by atoms with E-state index in [1.54, 1.807) is 6.92 Å². The van der Waals surface area contributed by atoms with Crippen LogP contribution in [0.5, 0.6) is 0 Å². The first kappa shape index (κ1) is 19.0. The van der Waals surface area contributed by atoms with Gasteiger partial charge in [-0.3, -0.25) is 9.89 Å². The van der Waals surface area contributed by atoms with Crippen molar-refractivity contribution in [2.24, 2.45) is 11.1 Å². The van der Waals surface area contributed by atoms with Crippen molar-refractivity contribution in [3.8, 4) is 11.6 Å². The van der Waals surface area contributed by atoms with Crippen LogP contribution in [0.4, 0.5) is 0 Å². The van der Waals surface area contributed by atoms with Crippen LogP contribution in [0.1, 0.15) is 46.0 Å². The average molecular weight is 344 g/mol. The Kier molecular flexibility index (Phi) is 6.22. The van der Waals surface area contributed by atoms with Crippen molar-refractivity contribution in [1.29, 1.82) is 0 Å². The third-order valence-corrected chi connectivity index (χ3v) is 2.99. The zero-order chi connectivity index (χ0) is 16.3. The van der Waals surface area contributed by atoms with Gasteiger partial charge >= 0.3 is 0 Å². The molecule has 2 aromatic rings. The Morgan fingerprint density at radius 3 is 2.70 bits per heavy atom. The lowest BCUT2D eigenvalue weighted by Gasteiger charge is -2.28. The van der Waals surface area contributed by atoms with Crippen molar-refractivity contribution in [3.63, 3.8) is 0 Å². The number of nitrogens with zero attached hydrogens (tertiary/aromatic N) is 4. The summed E-state index contributed by atoms with van der Waals surface area (Å²) in [6, 6.07) is -0.643. The number of amides is 1. The number of halogens is 1. The number of rotatable bonds is 5. The highest BCUT2D eigenvalue weighted by atomic mass is 35.5. The molecule has 2 aromatic heterocycles. The van der Waals surface area contributed by atoms with Crippen LogP contribution in [-0.2, 0) is 4.79 Å². The summed E-state index contributed by atoms with van der Waals surface area (Å²) in [5.74, 6) is 0.860. The lowest BCUT2D eigenvalue weighted by molar-refractivity contribution is -0.123. The second-order valence-electron chi connectivity index (χ2n) is 6.34. The van der Waals surface area contributed by atoms with Gasteiger partial charge in [-0.15, -0.1) is 12.4 Å². The van der Waals surface area contributed by atoms with Gasteiger partial charge in [-0.1, -0.05) is 25.9 Å². The fourth-order valence-electron chi connectivity index (χ4n) is 1.92. The van der Waals surface area contributed by atoms with E-state index in [-0.39, 0.29) is 36.2 Å². The molecule has 0 fully saturated rings. The average Bonchev–Trinajstić information content (AvgIpc) is 3.04. The number of hydrogen-bond donors (Lipinski definition) is 3. The zero-order valence-electron chi connectivity index (χ0n) is 13.5. The molecular formula is C13H22ClN7O2. The molecule has 0 radical (unpaired) electrons. The SMILES string of the molecule is CC(N)CC(=O)NC(c1nc(-c2ncn[nH]2)no1)C(C)(C)C.Cl. The highest BCUT2D eigenvalue weighted by Gasteiger charge is 2.33. The topological polar surface area (TPSA) is 136 Å². The number of aromatic nitrogens is 5. The molecule has 2 heterocycles. The van der Waals surface area contributed by atoms with Crippen molar-refractivity contribution in [1.82, 2.24) is 30.6 Å². The Morgan fingerprint density at radius 1 is 1.48 bits per heavy atom. The van der Waals surface area contributed by atoms with E-state index in [0.717, 1.165) is 0 Å². The van der Waals surface area contributed by atoms with Gasteiger partial charge in [0, 0.05) is 12.5 Å². The maximum absolute atomic E-state index is 12.0. The summed E-state index contributed by atoms with van der Waals surface area (Å²) in [4.78, 5) is 20.3. The lowest BCUT2D eigenvalue weighted by Crippen LogP contribution is -2.39. The number of hydrogen-bond acceptors (Lipinski definition) is 7. The monoisotopic (exact) mass is 343 g/mol. The fraction of sp³-hybridized carbons (Fsp3) is 0.615. The highest BCUT2D eigenvalue weighted by molar-refractivity contribution is 5.85. The molecule has 0 bridgehead atoms. The minimum Gasteiger partial charge on any atom is -0.344 e. The molecule has 0 spiro atoms. The van der Waals surface area contributed by atoms with Gasteiger partial charge in [0.1, 0.15) is 12.4 Å². The number of nitrogens with two attached hydrogens (primary N) is 1. The summed E-state index contributed by atoms with van der Waals surface area (Å²) in [7, 11) is 0. The van der Waals surface area contributed by atoms with Crippen molar-refractivity contribution in [3.05, 3.63) is 12.2 Å². The maximum atomic E-state index is 12.0. The number of nitrogens with one attached hydrogen (secondary N) is 2. The van der Waals surface area contributed by atoms with Gasteiger partial charge in [-0.2, -0.15) is 10.1 Å². The second-order valence-corrected chi connectivity index (χ2v) is 6.34. The molecule has 9 nitrogen and oxygen atoms in total. The highest BCUT2D eigenvalue weighted by Crippen LogP contribution is 2.32. The van der Waals surface area contributed by atoms with E-state index in [4.69, 9.17) is 10.3 Å². The molecule has 2 unspecified atom stereocenters. The van der Waals surface area contributed by atoms with E-state index in [1.165, 1.54) is 6.33 Å². The van der Waals surface area contributed by atoms with Crippen LogP contribution in [0, 0.1) is 5.41 Å². The van der Waals surface area contributed by atoms with E-state index >= 15 is 0 Å². The molecule has 0 aliphatic carbocycles. The first-order valence-electron chi connectivity index (χ1n) is 7.01. The largest absolute Gasteiger partial charge is 0.344 e. The molecule has 2 rings (SSSR count). The summed E-state index contributed by atoms with van der Waals surface area (Å²) in [5.41, 5.74) is 5.35. The van der Waals surface area contributed by atoms with Gasteiger partial charge in [0.25, 0.3) is 0 Å². The van der Waals surface area contributed by atoms with Crippen molar-refractivity contribution >= 4 is 18.3 Å². The van der Waals surface area contributed by atoms with Crippen LogP contribution >= 0.6 is 12.4 Å². The Balaban J connectivity index is 0.00000264. The Hall–Kier alpha value is -2.00. The van der Waals surface area contributed by atoms with E-state index in [1.807, 2.05) is 20.8 Å². The third-order valence-electron chi connectivity index (χ3n) is 2.99. The maximum Gasteiger partial charge on any atom is 0.250 e. The van der Waals surface area contributed by atoms with Crippen LogP contribution in [-0.4, -0.2) is 37.3 Å². The minimum absolute atomic E-state index is 0. The molecule has 128 valence electrons. The molecule has 0 aromatic carbocycles. The van der Waals surface area contributed by atoms with Crippen LogP contribution in [0.25, 0.3) is 11.6 Å². The van der Waals surface area contributed by atoms with Crippen molar-refractivity contribution < 1.29 is 9.32 Å². The fourth-order valence-corrected chi connectivity index (χ4v) is 1.92. The zero-order valence-corrected chi connectivity index (χ0v) is 14.3. The van der Waals surface area contributed by atoms with E-state index < -0.39 is 6.04 Å². The van der Waals surface area contributed by atoms with Crippen molar-refractivity contribution in [2.45, 2.75) is 46.2 Å². The molecular weight excluding hydrogens is 322 g/mol. The second kappa shape index (κ2) is 7.51. The van der Waals surface area contributed by atoms with Crippen LogP contribution in [0.2, 0.25) is 0 Å². The number of carbonyl (C=O) groups excluding carboxylic acids is 1. The molecule has 23 heavy (non-hydrogen) atoms. The first-order valence-corrected chi connectivity index (χ1v) is 7.01. The minimum atomic E-state index is -0.428.